The van der Waals surface area contributed by atoms with Crippen LogP contribution in [0.2, 0.25) is 5.02 Å². The van der Waals surface area contributed by atoms with Crippen LogP contribution in [0.1, 0.15) is 36.5 Å². The minimum absolute atomic E-state index is 0.151. The Morgan fingerprint density at radius 2 is 1.90 bits per heavy atom. The minimum atomic E-state index is -4.50. The summed E-state index contributed by atoms with van der Waals surface area (Å²) < 4.78 is 39.7. The molecule has 1 aliphatic heterocycles. The Kier molecular flexibility index (Phi) is 8.06. The lowest BCUT2D eigenvalue weighted by molar-refractivity contribution is -0.137. The highest BCUT2D eigenvalue weighted by Crippen LogP contribution is 2.35. The second-order valence-corrected chi connectivity index (χ2v) is 11.0. The van der Waals surface area contributed by atoms with Crippen molar-refractivity contribution in [1.29, 1.82) is 0 Å². The zero-order valence-corrected chi connectivity index (χ0v) is 24.1. The topological polar surface area (TPSA) is 105 Å². The summed E-state index contributed by atoms with van der Waals surface area (Å²) in [5.41, 5.74) is 2.55. The van der Waals surface area contributed by atoms with Crippen LogP contribution in [-0.4, -0.2) is 42.6 Å². The monoisotopic (exact) mass is 613 g/mol. The Hall–Kier alpha value is -4.23. The summed E-state index contributed by atoms with van der Waals surface area (Å²) in [7, 11) is 0. The van der Waals surface area contributed by atoms with Crippen LogP contribution in [0.3, 0.4) is 0 Å². The van der Waals surface area contributed by atoms with Crippen LogP contribution in [0.25, 0.3) is 17.2 Å². The van der Waals surface area contributed by atoms with Crippen LogP contribution >= 0.6 is 23.4 Å². The first kappa shape index (κ1) is 29.3. The van der Waals surface area contributed by atoms with E-state index in [4.69, 9.17) is 11.6 Å². The predicted octanol–water partition coefficient (Wildman–Crippen LogP) is 7.10. The number of anilines is 2. The smallest absolute Gasteiger partial charge is 0.305 e. The first-order valence-corrected chi connectivity index (χ1v) is 14.0. The lowest BCUT2D eigenvalue weighted by atomic mass is 9.99. The second-order valence-electron chi connectivity index (χ2n) is 9.67. The Labute approximate surface area is 247 Å². The van der Waals surface area contributed by atoms with Gasteiger partial charge in [-0.3, -0.25) is 9.69 Å². The van der Waals surface area contributed by atoms with E-state index >= 15 is 0 Å². The molecule has 5 rings (SSSR count). The number of carbonyl (C=O) groups is 2. The van der Waals surface area contributed by atoms with Gasteiger partial charge in [0.1, 0.15) is 6.33 Å². The molecule has 1 aliphatic rings. The molecule has 1 N–H and O–H groups in total. The molecular weight excluding hydrogens is 591 g/mol. The second kappa shape index (κ2) is 11.6. The molecule has 0 spiro atoms. The lowest BCUT2D eigenvalue weighted by Gasteiger charge is -2.22. The third-order valence-corrected chi connectivity index (χ3v) is 7.52. The van der Waals surface area contributed by atoms with Crippen molar-refractivity contribution in [2.75, 3.05) is 16.0 Å². The van der Waals surface area contributed by atoms with Gasteiger partial charge in [0.15, 0.2) is 16.8 Å². The molecular formula is C28H23ClF3N7O2S. The van der Waals surface area contributed by atoms with E-state index < -0.39 is 17.8 Å². The number of hydrogen-bond acceptors (Lipinski definition) is 6. The van der Waals surface area contributed by atoms with Gasteiger partial charge in [0.05, 0.1) is 27.7 Å². The third kappa shape index (κ3) is 6.16. The number of thioether (sulfide) groups is 1. The zero-order chi connectivity index (χ0) is 30.2. The van der Waals surface area contributed by atoms with Gasteiger partial charge in [-0.15, -0.1) is 5.10 Å². The highest BCUT2D eigenvalue weighted by Gasteiger charge is 2.33. The van der Waals surface area contributed by atoms with E-state index in [0.717, 1.165) is 23.4 Å². The van der Waals surface area contributed by atoms with Crippen molar-refractivity contribution in [3.63, 3.8) is 0 Å². The van der Waals surface area contributed by atoms with Crippen molar-refractivity contribution in [3.8, 4) is 17.2 Å². The summed E-state index contributed by atoms with van der Waals surface area (Å²) in [4.78, 5) is 39.3. The van der Waals surface area contributed by atoms with Crippen LogP contribution in [0, 0.1) is 6.92 Å². The Bertz CT molecular complexity index is 1700. The van der Waals surface area contributed by atoms with Gasteiger partial charge >= 0.3 is 12.2 Å². The average Bonchev–Trinajstić information content (AvgIpc) is 3.56. The molecule has 0 radical (unpaired) electrons. The van der Waals surface area contributed by atoms with E-state index in [1.54, 1.807) is 12.1 Å². The maximum atomic E-state index is 12.9. The fourth-order valence-electron chi connectivity index (χ4n) is 4.20. The zero-order valence-electron chi connectivity index (χ0n) is 22.5. The van der Waals surface area contributed by atoms with E-state index in [-0.39, 0.29) is 45.1 Å². The number of carbonyl (C=O) groups excluding carboxylic acids is 2. The number of halogens is 4. The number of amidine groups is 1. The number of benzene rings is 2. The Balaban J connectivity index is 1.33. The summed E-state index contributed by atoms with van der Waals surface area (Å²) in [6.07, 6.45) is -2.46. The molecule has 1 saturated heterocycles. The molecule has 0 unspecified atom stereocenters. The number of aromatic nitrogens is 4. The number of aryl methyl sites for hydroxylation is 1. The summed E-state index contributed by atoms with van der Waals surface area (Å²) >= 11 is 7.61. The van der Waals surface area contributed by atoms with Crippen molar-refractivity contribution in [2.45, 2.75) is 32.9 Å². The van der Waals surface area contributed by atoms with Gasteiger partial charge < -0.3 is 5.32 Å². The van der Waals surface area contributed by atoms with Gasteiger partial charge in [-0.2, -0.15) is 18.2 Å². The Morgan fingerprint density at radius 1 is 1.12 bits per heavy atom. The average molecular weight is 614 g/mol. The standard InChI is InChI=1S/C28H23ClF3N7O2S/c1-15(2)19-7-4-16(3)10-22(19)39-24(40)13-42-27(39)36-26(41)35-21-8-5-17(11-20(21)29)25-34-14-38(37-25)23-9-6-18(12-33-23)28(30,31)32/h4-12,14-15H,13H2,1-3H3,(H,35,41)/b36-27-. The quantitative estimate of drug-likeness (QED) is 0.257. The summed E-state index contributed by atoms with van der Waals surface area (Å²) in [5, 5.41) is 7.36. The van der Waals surface area contributed by atoms with Gasteiger partial charge in [0.25, 0.3) is 0 Å². The van der Waals surface area contributed by atoms with Crippen LogP contribution in [0.15, 0.2) is 66.0 Å². The van der Waals surface area contributed by atoms with E-state index in [0.29, 0.717) is 11.3 Å². The molecule has 4 aromatic rings. The minimum Gasteiger partial charge on any atom is -0.305 e. The highest BCUT2D eigenvalue weighted by molar-refractivity contribution is 8.15. The molecule has 42 heavy (non-hydrogen) atoms. The molecule has 2 aromatic carbocycles. The molecule has 0 bridgehead atoms. The van der Waals surface area contributed by atoms with Gasteiger partial charge in [-0.25, -0.2) is 19.4 Å². The molecule has 216 valence electrons. The van der Waals surface area contributed by atoms with Crippen molar-refractivity contribution >= 4 is 51.8 Å². The van der Waals surface area contributed by atoms with Crippen molar-refractivity contribution < 1.29 is 22.8 Å². The number of urea groups is 1. The van der Waals surface area contributed by atoms with Gasteiger partial charge in [0.2, 0.25) is 5.91 Å². The van der Waals surface area contributed by atoms with Gasteiger partial charge in [-0.1, -0.05) is 49.3 Å². The third-order valence-electron chi connectivity index (χ3n) is 6.28. The predicted molar refractivity (Wildman–Crippen MR) is 156 cm³/mol. The number of nitrogens with one attached hydrogen (secondary N) is 1. The van der Waals surface area contributed by atoms with Gasteiger partial charge in [0, 0.05) is 11.8 Å². The van der Waals surface area contributed by atoms with Crippen LogP contribution in [0.4, 0.5) is 29.3 Å². The maximum absolute atomic E-state index is 12.9. The Morgan fingerprint density at radius 3 is 2.57 bits per heavy atom. The maximum Gasteiger partial charge on any atom is 0.417 e. The molecule has 0 atom stereocenters. The normalized spacial score (nSPS) is 14.7. The largest absolute Gasteiger partial charge is 0.417 e. The fourth-order valence-corrected chi connectivity index (χ4v) is 5.28. The number of nitrogens with zero attached hydrogens (tertiary/aromatic N) is 6. The molecule has 2 aromatic heterocycles. The molecule has 1 fully saturated rings. The van der Waals surface area contributed by atoms with Crippen LogP contribution in [-0.2, 0) is 11.0 Å². The highest BCUT2D eigenvalue weighted by atomic mass is 35.5. The summed E-state index contributed by atoms with van der Waals surface area (Å²) in [6.45, 7) is 5.99. The number of alkyl halides is 3. The van der Waals surface area contributed by atoms with Crippen LogP contribution in [0.5, 0.6) is 0 Å². The molecule has 0 aliphatic carbocycles. The summed E-state index contributed by atoms with van der Waals surface area (Å²) in [6, 6.07) is 12.0. The first-order chi connectivity index (χ1) is 19.9. The van der Waals surface area contributed by atoms with E-state index in [1.165, 1.54) is 39.8 Å². The number of aliphatic imine (C=N–C) groups is 1. The number of hydrogen-bond donors (Lipinski definition) is 1. The van der Waals surface area contributed by atoms with E-state index in [1.807, 2.05) is 39.0 Å². The van der Waals surface area contributed by atoms with Crippen LogP contribution < -0.4 is 10.2 Å². The molecule has 14 heteroatoms. The lowest BCUT2D eigenvalue weighted by Crippen LogP contribution is -2.31. The van der Waals surface area contributed by atoms with Crippen molar-refractivity contribution in [1.82, 2.24) is 19.7 Å². The van der Waals surface area contributed by atoms with Gasteiger partial charge in [-0.05, 0) is 60.4 Å². The number of rotatable bonds is 5. The van der Waals surface area contributed by atoms with E-state index in [2.05, 4.69) is 25.4 Å². The van der Waals surface area contributed by atoms with Crippen molar-refractivity contribution in [2.24, 2.45) is 4.99 Å². The fraction of sp³-hybridized carbons (Fsp3) is 0.214. The first-order valence-electron chi connectivity index (χ1n) is 12.6. The molecule has 3 amide bonds. The number of amides is 3. The molecule has 9 nitrogen and oxygen atoms in total. The molecule has 0 saturated carbocycles. The summed E-state index contributed by atoms with van der Waals surface area (Å²) in [5.74, 6) is 0.541. The molecule has 3 heterocycles. The van der Waals surface area contributed by atoms with E-state index in [9.17, 15) is 22.8 Å². The SMILES string of the molecule is Cc1ccc(C(C)C)c(N2C(=O)CS/C2=N\C(=O)Nc2ccc(-c3ncn(-c4ccc(C(F)(F)F)cn4)n3)cc2Cl)c1. The van der Waals surface area contributed by atoms with Crippen molar-refractivity contribution in [3.05, 3.63) is 82.8 Å². The number of pyridine rings is 1.